The lowest BCUT2D eigenvalue weighted by atomic mass is 9.46. The van der Waals surface area contributed by atoms with Gasteiger partial charge >= 0.3 is 6.16 Å². The average Bonchev–Trinajstić information content (AvgIpc) is 3.10. The molecule has 36 heavy (non-hydrogen) atoms. The maximum absolute atomic E-state index is 12.9. The van der Waals surface area contributed by atoms with Crippen LogP contribution in [0.4, 0.5) is 4.79 Å². The van der Waals surface area contributed by atoms with Crippen molar-refractivity contribution in [1.82, 2.24) is 0 Å². The van der Waals surface area contributed by atoms with Gasteiger partial charge in [-0.05, 0) is 112 Å². The van der Waals surface area contributed by atoms with Gasteiger partial charge in [0.2, 0.25) is 0 Å². The fraction of sp³-hybridized carbons (Fsp3) is 0.906. The fourth-order valence-electron chi connectivity index (χ4n) is 9.13. The van der Waals surface area contributed by atoms with Crippen LogP contribution in [0.25, 0.3) is 0 Å². The Hall–Kier alpha value is -1.03. The van der Waals surface area contributed by atoms with Gasteiger partial charge < -0.3 is 14.6 Å². The zero-order valence-corrected chi connectivity index (χ0v) is 24.4. The summed E-state index contributed by atoms with van der Waals surface area (Å²) < 4.78 is 11.8. The molecule has 9 atom stereocenters. The summed E-state index contributed by atoms with van der Waals surface area (Å²) in [5.74, 6) is 3.70. The van der Waals surface area contributed by atoms with Crippen molar-refractivity contribution in [2.45, 2.75) is 137 Å². The molecule has 3 fully saturated rings. The first-order chi connectivity index (χ1) is 16.7. The summed E-state index contributed by atoms with van der Waals surface area (Å²) in [5, 5.41) is 10.5. The molecule has 0 aliphatic heterocycles. The molecule has 4 nitrogen and oxygen atoms in total. The van der Waals surface area contributed by atoms with Gasteiger partial charge in [0.05, 0.1) is 6.10 Å². The molecule has 4 aliphatic carbocycles. The van der Waals surface area contributed by atoms with Crippen LogP contribution in [0.1, 0.15) is 120 Å². The van der Waals surface area contributed by atoms with E-state index in [1.54, 1.807) is 0 Å². The van der Waals surface area contributed by atoms with E-state index in [1.165, 1.54) is 50.5 Å². The summed E-state index contributed by atoms with van der Waals surface area (Å²) in [4.78, 5) is 12.9. The molecule has 0 amide bonds. The lowest BCUT2D eigenvalue weighted by molar-refractivity contribution is -0.112. The summed E-state index contributed by atoms with van der Waals surface area (Å²) in [5.41, 5.74) is 1.17. The molecule has 0 aromatic heterocycles. The van der Waals surface area contributed by atoms with Crippen LogP contribution in [0.3, 0.4) is 0 Å². The minimum atomic E-state index is -0.571. The van der Waals surface area contributed by atoms with Gasteiger partial charge in [-0.2, -0.15) is 0 Å². The van der Waals surface area contributed by atoms with Crippen LogP contribution >= 0.6 is 0 Å². The van der Waals surface area contributed by atoms with E-state index >= 15 is 0 Å². The predicted octanol–water partition coefficient (Wildman–Crippen LogP) is 8.32. The first kappa shape index (κ1) is 28.0. The average molecular weight is 503 g/mol. The predicted molar refractivity (Wildman–Crippen MR) is 146 cm³/mol. The second-order valence-corrected chi connectivity index (χ2v) is 14.9. The van der Waals surface area contributed by atoms with Gasteiger partial charge in [-0.3, -0.25) is 0 Å². The van der Waals surface area contributed by atoms with Gasteiger partial charge in [-0.15, -0.1) is 0 Å². The second-order valence-electron chi connectivity index (χ2n) is 14.9. The van der Waals surface area contributed by atoms with E-state index < -0.39 is 11.8 Å². The van der Waals surface area contributed by atoms with Crippen molar-refractivity contribution < 1.29 is 19.4 Å². The van der Waals surface area contributed by atoms with Crippen molar-refractivity contribution in [3.8, 4) is 0 Å². The van der Waals surface area contributed by atoms with E-state index in [2.05, 4.69) is 40.7 Å². The highest BCUT2D eigenvalue weighted by molar-refractivity contribution is 5.61. The smallest absolute Gasteiger partial charge is 0.429 e. The Morgan fingerprint density at radius 1 is 1.06 bits per heavy atom. The molecule has 4 heteroatoms. The number of ether oxygens (including phenoxy) is 2. The molecule has 4 aliphatic rings. The Morgan fingerprint density at radius 3 is 2.44 bits per heavy atom. The summed E-state index contributed by atoms with van der Waals surface area (Å²) >= 11 is 0. The molecule has 0 heterocycles. The number of aliphatic hydroxyl groups excluding tert-OH is 1. The molecule has 0 saturated heterocycles. The third-order valence-electron chi connectivity index (χ3n) is 10.9. The van der Waals surface area contributed by atoms with E-state index in [4.69, 9.17) is 9.47 Å². The van der Waals surface area contributed by atoms with Crippen LogP contribution in [0.15, 0.2) is 11.6 Å². The number of hydrogen-bond acceptors (Lipinski definition) is 4. The van der Waals surface area contributed by atoms with Gasteiger partial charge in [0.15, 0.2) is 0 Å². The topological polar surface area (TPSA) is 55.8 Å². The van der Waals surface area contributed by atoms with E-state index in [-0.39, 0.29) is 17.6 Å². The van der Waals surface area contributed by atoms with Gasteiger partial charge in [0, 0.05) is 5.92 Å². The molecule has 0 radical (unpaired) electrons. The minimum absolute atomic E-state index is 0.111. The zero-order chi connectivity index (χ0) is 26.5. The first-order valence-corrected chi connectivity index (χ1v) is 15.0. The molecular formula is C32H54O4. The van der Waals surface area contributed by atoms with Gasteiger partial charge in [0.25, 0.3) is 0 Å². The van der Waals surface area contributed by atoms with E-state index in [9.17, 15) is 9.90 Å². The molecule has 4 rings (SSSR count). The van der Waals surface area contributed by atoms with E-state index in [0.29, 0.717) is 29.6 Å². The highest BCUT2D eigenvalue weighted by atomic mass is 16.7. The Bertz CT molecular complexity index is 825. The number of carbonyl (C=O) groups excluding carboxylic acids is 1. The van der Waals surface area contributed by atoms with Crippen molar-refractivity contribution in [3.63, 3.8) is 0 Å². The highest BCUT2D eigenvalue weighted by Crippen LogP contribution is 2.67. The summed E-state index contributed by atoms with van der Waals surface area (Å²) in [6.07, 6.45) is 12.8. The SMILES string of the molecule is CC(C)CCCC(C)C1CCC2C3C(OC(=O)OC(C)(C)C)C=C4CC(O)CCC4(C)C3CCC12C. The first-order valence-electron chi connectivity index (χ1n) is 15.0. The highest BCUT2D eigenvalue weighted by Gasteiger charge is 2.62. The molecule has 206 valence electrons. The van der Waals surface area contributed by atoms with Gasteiger partial charge in [0.1, 0.15) is 11.7 Å². The van der Waals surface area contributed by atoms with Crippen molar-refractivity contribution in [3.05, 3.63) is 11.6 Å². The molecular weight excluding hydrogens is 448 g/mol. The van der Waals surface area contributed by atoms with Crippen molar-refractivity contribution in [2.24, 2.45) is 46.3 Å². The largest absolute Gasteiger partial charge is 0.509 e. The standard InChI is InChI=1S/C32H54O4/c1-20(2)10-9-11-21(3)24-12-13-25-28-26(15-17-32(24,25)8)31(7)16-14-23(33)18-22(31)19-27(28)35-29(34)36-30(4,5)6/h19-21,23-28,33H,9-18H2,1-8H3. The number of aliphatic hydroxyl groups is 1. The molecule has 0 aromatic rings. The number of fused-ring (bicyclic) bond motifs is 5. The zero-order valence-electron chi connectivity index (χ0n) is 24.4. The van der Waals surface area contributed by atoms with Crippen LogP contribution in [0.2, 0.25) is 0 Å². The maximum Gasteiger partial charge on any atom is 0.509 e. The molecule has 0 bridgehead atoms. The summed E-state index contributed by atoms with van der Waals surface area (Å²) in [7, 11) is 0. The summed E-state index contributed by atoms with van der Waals surface area (Å²) in [6, 6.07) is 0. The number of hydrogen-bond donors (Lipinski definition) is 1. The fourth-order valence-corrected chi connectivity index (χ4v) is 9.13. The molecule has 0 aromatic carbocycles. The monoisotopic (exact) mass is 502 g/mol. The molecule has 3 saturated carbocycles. The van der Waals surface area contributed by atoms with Crippen LogP contribution in [0.5, 0.6) is 0 Å². The van der Waals surface area contributed by atoms with Crippen LogP contribution in [-0.4, -0.2) is 29.1 Å². The van der Waals surface area contributed by atoms with Crippen molar-refractivity contribution in [1.29, 1.82) is 0 Å². The van der Waals surface area contributed by atoms with Crippen molar-refractivity contribution in [2.75, 3.05) is 0 Å². The van der Waals surface area contributed by atoms with E-state index in [0.717, 1.165) is 30.6 Å². The quantitative estimate of drug-likeness (QED) is 0.293. The third-order valence-corrected chi connectivity index (χ3v) is 10.9. The van der Waals surface area contributed by atoms with Crippen molar-refractivity contribution >= 4 is 6.16 Å². The lowest BCUT2D eigenvalue weighted by Gasteiger charge is -2.59. The lowest BCUT2D eigenvalue weighted by Crippen LogP contribution is -2.55. The van der Waals surface area contributed by atoms with Crippen LogP contribution in [-0.2, 0) is 9.47 Å². The van der Waals surface area contributed by atoms with Crippen LogP contribution in [0, 0.1) is 46.3 Å². The van der Waals surface area contributed by atoms with Gasteiger partial charge in [-0.25, -0.2) is 4.79 Å². The normalized spacial score (nSPS) is 41.1. The van der Waals surface area contributed by atoms with Crippen LogP contribution < -0.4 is 0 Å². The number of carbonyl (C=O) groups is 1. The maximum atomic E-state index is 12.9. The van der Waals surface area contributed by atoms with Gasteiger partial charge in [-0.1, -0.05) is 59.5 Å². The summed E-state index contributed by atoms with van der Waals surface area (Å²) in [6.45, 7) is 17.9. The minimum Gasteiger partial charge on any atom is -0.429 e. The van der Waals surface area contributed by atoms with E-state index in [1.807, 2.05) is 20.8 Å². The number of rotatable bonds is 6. The molecule has 1 N–H and O–H groups in total. The molecule has 9 unspecified atom stereocenters. The Balaban J connectivity index is 1.61. The second kappa shape index (κ2) is 10.3. The Morgan fingerprint density at radius 2 is 1.78 bits per heavy atom. The molecule has 0 spiro atoms. The Labute approximate surface area is 221 Å². The third kappa shape index (κ3) is 5.40. The Kier molecular flexibility index (Phi) is 7.98.